The van der Waals surface area contributed by atoms with Crippen LogP contribution in [0.4, 0.5) is 0 Å². The van der Waals surface area contributed by atoms with Gasteiger partial charge in [0.15, 0.2) is 0 Å². The average molecular weight is 312 g/mol. The van der Waals surface area contributed by atoms with E-state index in [4.69, 9.17) is 0 Å². The highest BCUT2D eigenvalue weighted by Crippen LogP contribution is 2.18. The third-order valence-corrected chi connectivity index (χ3v) is 3.99. The molecule has 5 heteroatoms. The Morgan fingerprint density at radius 2 is 2.44 bits per heavy atom. The fourth-order valence-corrected chi connectivity index (χ4v) is 2.82. The number of carbonyl (C=O) groups excluding carboxylic acids is 1. The van der Waals surface area contributed by atoms with E-state index in [1.54, 1.807) is 23.2 Å². The Kier molecular flexibility index (Phi) is 4.35. The van der Waals surface area contributed by atoms with Crippen LogP contribution in [0, 0.1) is 5.92 Å². The van der Waals surface area contributed by atoms with Gasteiger partial charge in [0.1, 0.15) is 4.60 Å². The molecule has 1 amide bonds. The minimum atomic E-state index is 0.0320. The highest BCUT2D eigenvalue weighted by Gasteiger charge is 2.23. The third-order valence-electron chi connectivity index (χ3n) is 3.36. The van der Waals surface area contributed by atoms with Crippen LogP contribution < -0.4 is 0 Å². The van der Waals surface area contributed by atoms with Gasteiger partial charge in [0.25, 0.3) is 5.91 Å². The van der Waals surface area contributed by atoms with Gasteiger partial charge in [-0.2, -0.15) is 0 Å². The Labute approximate surface area is 116 Å². The van der Waals surface area contributed by atoms with Gasteiger partial charge in [-0.3, -0.25) is 4.79 Å². The first kappa shape index (κ1) is 13.5. The maximum absolute atomic E-state index is 12.3. The Morgan fingerprint density at radius 3 is 3.06 bits per heavy atom. The monoisotopic (exact) mass is 311 g/mol. The first-order valence-corrected chi connectivity index (χ1v) is 6.91. The second kappa shape index (κ2) is 5.80. The van der Waals surface area contributed by atoms with E-state index in [9.17, 15) is 4.79 Å². The molecular formula is C13H18BrN3O. The summed E-state index contributed by atoms with van der Waals surface area (Å²) in [5, 5.41) is 0. The van der Waals surface area contributed by atoms with Crippen LogP contribution in [0.5, 0.6) is 0 Å². The van der Waals surface area contributed by atoms with Crippen LogP contribution in [-0.4, -0.2) is 54.4 Å². The van der Waals surface area contributed by atoms with Crippen molar-refractivity contribution in [1.82, 2.24) is 14.8 Å². The Bertz CT molecular complexity index is 438. The van der Waals surface area contributed by atoms with Crippen LogP contribution in [-0.2, 0) is 0 Å². The number of halogens is 1. The molecule has 1 aliphatic heterocycles. The molecule has 1 atom stereocenters. The minimum Gasteiger partial charge on any atom is -0.341 e. The average Bonchev–Trinajstić information content (AvgIpc) is 2.74. The molecule has 0 radical (unpaired) electrons. The molecule has 2 rings (SSSR count). The number of carbonyl (C=O) groups is 1. The van der Waals surface area contributed by atoms with E-state index < -0.39 is 0 Å². The molecule has 1 saturated heterocycles. The maximum Gasteiger partial charge on any atom is 0.256 e. The van der Waals surface area contributed by atoms with Crippen molar-refractivity contribution < 1.29 is 4.79 Å². The van der Waals surface area contributed by atoms with Crippen molar-refractivity contribution in [3.8, 4) is 0 Å². The SMILES string of the molecule is CN1CCC(CN(C)C(=O)c2cccnc2Br)C1. The van der Waals surface area contributed by atoms with E-state index in [1.165, 1.54) is 6.42 Å². The van der Waals surface area contributed by atoms with Gasteiger partial charge in [0, 0.05) is 26.3 Å². The number of aromatic nitrogens is 1. The summed E-state index contributed by atoms with van der Waals surface area (Å²) in [4.78, 5) is 20.5. The van der Waals surface area contributed by atoms with Crippen molar-refractivity contribution in [3.05, 3.63) is 28.5 Å². The fourth-order valence-electron chi connectivity index (χ4n) is 2.40. The van der Waals surface area contributed by atoms with Crippen LogP contribution in [0.15, 0.2) is 22.9 Å². The van der Waals surface area contributed by atoms with E-state index in [0.717, 1.165) is 19.6 Å². The van der Waals surface area contributed by atoms with Crippen molar-refractivity contribution in [3.63, 3.8) is 0 Å². The summed E-state index contributed by atoms with van der Waals surface area (Å²) in [6, 6.07) is 3.59. The molecule has 0 bridgehead atoms. The topological polar surface area (TPSA) is 36.4 Å². The minimum absolute atomic E-state index is 0.0320. The van der Waals surface area contributed by atoms with E-state index in [-0.39, 0.29) is 5.91 Å². The molecule has 1 aliphatic rings. The molecule has 2 heterocycles. The summed E-state index contributed by atoms with van der Waals surface area (Å²) in [6.07, 6.45) is 2.84. The standard InChI is InChI=1S/C13H18BrN3O/c1-16-7-5-10(8-16)9-17(2)13(18)11-4-3-6-15-12(11)14/h3-4,6,10H,5,7-9H2,1-2H3. The van der Waals surface area contributed by atoms with Crippen LogP contribution in [0.2, 0.25) is 0 Å². The van der Waals surface area contributed by atoms with Crippen LogP contribution in [0.3, 0.4) is 0 Å². The van der Waals surface area contributed by atoms with Gasteiger partial charge in [0.2, 0.25) is 0 Å². The summed E-state index contributed by atoms with van der Waals surface area (Å²) in [6.45, 7) is 3.01. The van der Waals surface area contributed by atoms with Gasteiger partial charge in [-0.25, -0.2) is 4.98 Å². The summed E-state index contributed by atoms with van der Waals surface area (Å²) in [5.74, 6) is 0.615. The fraction of sp³-hybridized carbons (Fsp3) is 0.538. The Balaban J connectivity index is 1.99. The second-order valence-electron chi connectivity index (χ2n) is 4.94. The predicted molar refractivity (Wildman–Crippen MR) is 74.5 cm³/mol. The second-order valence-corrected chi connectivity index (χ2v) is 5.70. The predicted octanol–water partition coefficient (Wildman–Crippen LogP) is 1.87. The van der Waals surface area contributed by atoms with Crippen LogP contribution >= 0.6 is 15.9 Å². The first-order valence-electron chi connectivity index (χ1n) is 6.12. The van der Waals surface area contributed by atoms with Gasteiger partial charge in [-0.1, -0.05) is 0 Å². The normalized spacial score (nSPS) is 20.1. The third kappa shape index (κ3) is 3.09. The number of likely N-dealkylation sites (tertiary alicyclic amines) is 1. The molecule has 18 heavy (non-hydrogen) atoms. The van der Waals surface area contributed by atoms with Crippen LogP contribution in [0.25, 0.3) is 0 Å². The summed E-state index contributed by atoms with van der Waals surface area (Å²) >= 11 is 3.32. The van der Waals surface area contributed by atoms with Gasteiger partial charge in [-0.15, -0.1) is 0 Å². The molecule has 1 aromatic heterocycles. The number of pyridine rings is 1. The number of amides is 1. The Morgan fingerprint density at radius 1 is 1.67 bits per heavy atom. The molecule has 1 fully saturated rings. The van der Waals surface area contributed by atoms with Crippen LogP contribution in [0.1, 0.15) is 16.8 Å². The molecule has 0 saturated carbocycles. The summed E-state index contributed by atoms with van der Waals surface area (Å²) in [5.41, 5.74) is 0.631. The molecule has 0 spiro atoms. The smallest absolute Gasteiger partial charge is 0.256 e. The zero-order valence-electron chi connectivity index (χ0n) is 10.8. The summed E-state index contributed by atoms with van der Waals surface area (Å²) in [7, 11) is 3.99. The van der Waals surface area contributed by atoms with E-state index in [2.05, 4.69) is 32.9 Å². The molecule has 98 valence electrons. The number of rotatable bonds is 3. The van der Waals surface area contributed by atoms with E-state index >= 15 is 0 Å². The van der Waals surface area contributed by atoms with Crippen molar-refractivity contribution in [2.24, 2.45) is 5.92 Å². The lowest BCUT2D eigenvalue weighted by molar-refractivity contribution is 0.0772. The van der Waals surface area contributed by atoms with Crippen molar-refractivity contribution in [2.75, 3.05) is 33.7 Å². The van der Waals surface area contributed by atoms with Gasteiger partial charge in [0.05, 0.1) is 5.56 Å². The quantitative estimate of drug-likeness (QED) is 0.800. The molecule has 4 nitrogen and oxygen atoms in total. The van der Waals surface area contributed by atoms with E-state index in [0.29, 0.717) is 16.1 Å². The lowest BCUT2D eigenvalue weighted by Crippen LogP contribution is -2.33. The van der Waals surface area contributed by atoms with Gasteiger partial charge >= 0.3 is 0 Å². The molecule has 0 aromatic carbocycles. The summed E-state index contributed by atoms with van der Waals surface area (Å²) < 4.78 is 0.616. The largest absolute Gasteiger partial charge is 0.341 e. The molecular weight excluding hydrogens is 294 g/mol. The number of nitrogens with zero attached hydrogens (tertiary/aromatic N) is 3. The van der Waals surface area contributed by atoms with Crippen molar-refractivity contribution in [2.45, 2.75) is 6.42 Å². The number of hydrogen-bond acceptors (Lipinski definition) is 3. The molecule has 0 aliphatic carbocycles. The first-order chi connectivity index (χ1) is 8.58. The number of hydrogen-bond donors (Lipinski definition) is 0. The Hall–Kier alpha value is -0.940. The van der Waals surface area contributed by atoms with Gasteiger partial charge < -0.3 is 9.80 Å². The molecule has 1 unspecified atom stereocenters. The highest BCUT2D eigenvalue weighted by atomic mass is 79.9. The van der Waals surface area contributed by atoms with Crippen molar-refractivity contribution >= 4 is 21.8 Å². The molecule has 0 N–H and O–H groups in total. The highest BCUT2D eigenvalue weighted by molar-refractivity contribution is 9.10. The van der Waals surface area contributed by atoms with Crippen molar-refractivity contribution in [1.29, 1.82) is 0 Å². The van der Waals surface area contributed by atoms with Gasteiger partial charge in [-0.05, 0) is 54.0 Å². The van der Waals surface area contributed by atoms with E-state index in [1.807, 2.05) is 7.05 Å². The zero-order chi connectivity index (χ0) is 13.1. The maximum atomic E-state index is 12.3. The zero-order valence-corrected chi connectivity index (χ0v) is 12.4. The lowest BCUT2D eigenvalue weighted by Gasteiger charge is -2.21. The lowest BCUT2D eigenvalue weighted by atomic mass is 10.1. The molecule has 1 aromatic rings.